The zero-order valence-corrected chi connectivity index (χ0v) is 18.5. The zero-order valence-electron chi connectivity index (χ0n) is 16.9. The Morgan fingerprint density at radius 1 is 1.24 bits per heavy atom. The van der Waals surface area contributed by atoms with Crippen LogP contribution in [0.1, 0.15) is 38.1 Å². The summed E-state index contributed by atoms with van der Waals surface area (Å²) in [6.07, 6.45) is 4.54. The van der Waals surface area contributed by atoms with E-state index in [-0.39, 0.29) is 23.9 Å². The minimum absolute atomic E-state index is 0.155. The number of hydrogen-bond donors (Lipinski definition) is 1. The summed E-state index contributed by atoms with van der Waals surface area (Å²) >= 11 is 6.14. The van der Waals surface area contributed by atoms with Crippen molar-refractivity contribution in [3.05, 3.63) is 28.8 Å². The van der Waals surface area contributed by atoms with Crippen molar-refractivity contribution in [3.63, 3.8) is 0 Å². The van der Waals surface area contributed by atoms with Crippen molar-refractivity contribution in [2.75, 3.05) is 13.1 Å². The van der Waals surface area contributed by atoms with Gasteiger partial charge < -0.3 is 5.32 Å². The second-order valence-electron chi connectivity index (χ2n) is 7.13. The molecule has 160 valence electrons. The molecule has 9 nitrogen and oxygen atoms in total. The number of halogens is 1. The molecule has 1 saturated heterocycles. The smallest absolute Gasteiger partial charge is 0.246 e. The molecule has 2 aromatic rings. The molecule has 1 aliphatic heterocycles. The van der Waals surface area contributed by atoms with Crippen molar-refractivity contribution in [1.29, 1.82) is 0 Å². The number of sulfonamides is 1. The van der Waals surface area contributed by atoms with E-state index in [9.17, 15) is 13.2 Å². The Hall–Kier alpha value is -1.91. The highest BCUT2D eigenvalue weighted by atomic mass is 35.5. The third-order valence-electron chi connectivity index (χ3n) is 5.14. The number of piperidine rings is 1. The number of carbonyl (C=O) groups is 1. The molecule has 0 unspecified atom stereocenters. The highest BCUT2D eigenvalue weighted by Gasteiger charge is 2.35. The van der Waals surface area contributed by atoms with Crippen LogP contribution in [0.3, 0.4) is 0 Å². The number of hydrogen-bond acceptors (Lipinski definition) is 5. The number of carbonyl (C=O) groups excluding carboxylic acids is 1. The molecule has 1 amide bonds. The van der Waals surface area contributed by atoms with E-state index >= 15 is 0 Å². The first-order chi connectivity index (χ1) is 13.8. The van der Waals surface area contributed by atoms with E-state index in [0.717, 1.165) is 0 Å². The first-order valence-corrected chi connectivity index (χ1v) is 11.6. The van der Waals surface area contributed by atoms with Crippen molar-refractivity contribution < 1.29 is 13.2 Å². The van der Waals surface area contributed by atoms with Gasteiger partial charge in [-0.2, -0.15) is 14.5 Å². The number of nitrogens with zero attached hydrogens (tertiary/aromatic N) is 5. The van der Waals surface area contributed by atoms with Gasteiger partial charge in [-0.3, -0.25) is 14.2 Å². The monoisotopic (exact) mass is 442 g/mol. The normalized spacial score (nSPS) is 18.1. The lowest BCUT2D eigenvalue weighted by atomic mass is 9.99. The summed E-state index contributed by atoms with van der Waals surface area (Å²) in [6, 6.07) is 0. The molecule has 0 saturated carbocycles. The van der Waals surface area contributed by atoms with Gasteiger partial charge in [-0.05, 0) is 33.6 Å². The molecule has 0 spiro atoms. The van der Waals surface area contributed by atoms with Gasteiger partial charge in [0.05, 0.1) is 23.2 Å². The summed E-state index contributed by atoms with van der Waals surface area (Å²) in [4.78, 5) is 12.9. The molecule has 0 radical (unpaired) electrons. The minimum atomic E-state index is -3.69. The Morgan fingerprint density at radius 3 is 2.55 bits per heavy atom. The third-order valence-corrected chi connectivity index (χ3v) is 7.42. The molecule has 3 heterocycles. The van der Waals surface area contributed by atoms with Gasteiger partial charge in [0.2, 0.25) is 15.9 Å². The summed E-state index contributed by atoms with van der Waals surface area (Å²) in [5.74, 6) is -0.597. The van der Waals surface area contributed by atoms with E-state index in [0.29, 0.717) is 48.9 Å². The molecule has 1 fully saturated rings. The van der Waals surface area contributed by atoms with E-state index in [2.05, 4.69) is 15.5 Å². The summed E-state index contributed by atoms with van der Waals surface area (Å²) in [7, 11) is -3.69. The molecular formula is C18H27ClN6O3S. The molecule has 0 aromatic carbocycles. The molecule has 1 aliphatic rings. The molecule has 1 atom stereocenters. The standard InChI is InChI=1S/C18H27ClN6O3S/c1-4-23-11-15(19)16(22-23)9-20-18(26)14-7-6-8-25(10-14)29(27,28)17-12-24(5-2)21-13(17)3/h11-12,14H,4-10H2,1-3H3,(H,20,26)/t14-/m1/s1. The Morgan fingerprint density at radius 2 is 1.93 bits per heavy atom. The van der Waals surface area contributed by atoms with E-state index in [1.807, 2.05) is 13.8 Å². The SMILES string of the molecule is CCn1cc(S(=O)(=O)N2CCC[C@@H](C(=O)NCc3nn(CC)cc3Cl)C2)c(C)n1. The average molecular weight is 443 g/mol. The fourth-order valence-electron chi connectivity index (χ4n) is 3.46. The Kier molecular flexibility index (Phi) is 6.65. The number of aromatic nitrogens is 4. The molecule has 1 N–H and O–H groups in total. The Labute approximate surface area is 176 Å². The van der Waals surface area contributed by atoms with E-state index in [1.54, 1.807) is 28.7 Å². The summed E-state index contributed by atoms with van der Waals surface area (Å²) in [6.45, 7) is 7.60. The lowest BCUT2D eigenvalue weighted by Gasteiger charge is -2.31. The van der Waals surface area contributed by atoms with E-state index < -0.39 is 15.9 Å². The lowest BCUT2D eigenvalue weighted by molar-refractivity contribution is -0.126. The zero-order chi connectivity index (χ0) is 21.2. The molecular weight excluding hydrogens is 416 g/mol. The maximum Gasteiger partial charge on any atom is 0.246 e. The average Bonchev–Trinajstić information content (AvgIpc) is 3.28. The lowest BCUT2D eigenvalue weighted by Crippen LogP contribution is -2.45. The van der Waals surface area contributed by atoms with E-state index in [4.69, 9.17) is 11.6 Å². The quantitative estimate of drug-likeness (QED) is 0.704. The second kappa shape index (κ2) is 8.85. The topological polar surface area (TPSA) is 102 Å². The molecule has 3 rings (SSSR count). The van der Waals surface area contributed by atoms with Crippen molar-refractivity contribution >= 4 is 27.5 Å². The predicted molar refractivity (Wildman–Crippen MR) is 109 cm³/mol. The van der Waals surface area contributed by atoms with Gasteiger partial charge in [0.1, 0.15) is 10.6 Å². The highest BCUT2D eigenvalue weighted by Crippen LogP contribution is 2.25. The van der Waals surface area contributed by atoms with Gasteiger partial charge in [0.15, 0.2) is 0 Å². The summed E-state index contributed by atoms with van der Waals surface area (Å²) in [5.41, 5.74) is 1.07. The first kappa shape index (κ1) is 21.8. The maximum absolute atomic E-state index is 13.1. The number of amides is 1. The number of aryl methyl sites for hydroxylation is 3. The number of rotatable bonds is 7. The van der Waals surface area contributed by atoms with Crippen molar-refractivity contribution in [2.45, 2.75) is 58.1 Å². The highest BCUT2D eigenvalue weighted by molar-refractivity contribution is 7.89. The van der Waals surface area contributed by atoms with Crippen LogP contribution < -0.4 is 5.32 Å². The van der Waals surface area contributed by atoms with E-state index in [1.165, 1.54) is 4.31 Å². The van der Waals surface area contributed by atoms with Gasteiger partial charge in [0.25, 0.3) is 0 Å². The van der Waals surface area contributed by atoms with Gasteiger partial charge in [0, 0.05) is 38.6 Å². The predicted octanol–water partition coefficient (Wildman–Crippen LogP) is 1.80. The van der Waals surface area contributed by atoms with Crippen LogP contribution >= 0.6 is 11.6 Å². The molecule has 0 aliphatic carbocycles. The minimum Gasteiger partial charge on any atom is -0.350 e. The van der Waals surface area contributed by atoms with Crippen LogP contribution in [-0.2, 0) is 34.5 Å². The largest absolute Gasteiger partial charge is 0.350 e. The molecule has 29 heavy (non-hydrogen) atoms. The van der Waals surface area contributed by atoms with Crippen LogP contribution in [0.25, 0.3) is 0 Å². The van der Waals surface area contributed by atoms with Gasteiger partial charge in [-0.15, -0.1) is 0 Å². The van der Waals surface area contributed by atoms with Crippen molar-refractivity contribution in [3.8, 4) is 0 Å². The van der Waals surface area contributed by atoms with Crippen LogP contribution in [0.2, 0.25) is 5.02 Å². The Bertz CT molecular complexity index is 984. The van der Waals surface area contributed by atoms with Crippen molar-refractivity contribution in [1.82, 2.24) is 29.2 Å². The molecule has 11 heteroatoms. The summed E-state index contributed by atoms with van der Waals surface area (Å²) < 4.78 is 30.9. The van der Waals surface area contributed by atoms with Crippen molar-refractivity contribution in [2.24, 2.45) is 5.92 Å². The van der Waals surface area contributed by atoms with Crippen LogP contribution in [0.15, 0.2) is 17.3 Å². The van der Waals surface area contributed by atoms with Crippen LogP contribution in [0, 0.1) is 12.8 Å². The first-order valence-electron chi connectivity index (χ1n) is 9.80. The fraction of sp³-hybridized carbons (Fsp3) is 0.611. The number of nitrogens with one attached hydrogen (secondary N) is 1. The fourth-order valence-corrected chi connectivity index (χ4v) is 5.37. The van der Waals surface area contributed by atoms with Gasteiger partial charge in [-0.1, -0.05) is 11.6 Å². The third kappa shape index (κ3) is 4.65. The second-order valence-corrected chi connectivity index (χ2v) is 9.45. The molecule has 2 aromatic heterocycles. The van der Waals surface area contributed by atoms with Gasteiger partial charge in [-0.25, -0.2) is 8.42 Å². The summed E-state index contributed by atoms with van der Waals surface area (Å²) in [5, 5.41) is 11.9. The van der Waals surface area contributed by atoms with Gasteiger partial charge >= 0.3 is 0 Å². The Balaban J connectivity index is 1.67. The van der Waals surface area contributed by atoms with Crippen LogP contribution in [0.4, 0.5) is 0 Å². The molecule has 0 bridgehead atoms. The van der Waals surface area contributed by atoms with Crippen LogP contribution in [-0.4, -0.2) is 51.3 Å². The maximum atomic E-state index is 13.1. The van der Waals surface area contributed by atoms with Crippen LogP contribution in [0.5, 0.6) is 0 Å².